The van der Waals surface area contributed by atoms with Gasteiger partial charge in [-0.05, 0) is 46.5 Å². The van der Waals surface area contributed by atoms with E-state index < -0.39 is 0 Å². The van der Waals surface area contributed by atoms with Crippen LogP contribution in [0.3, 0.4) is 0 Å². The van der Waals surface area contributed by atoms with E-state index in [0.717, 1.165) is 21.5 Å². The van der Waals surface area contributed by atoms with Crippen molar-refractivity contribution < 1.29 is 0 Å². The van der Waals surface area contributed by atoms with Crippen LogP contribution in [0.4, 0.5) is 0 Å². The molecule has 0 bridgehead atoms. The minimum Gasteiger partial charge on any atom is -0.324 e. The summed E-state index contributed by atoms with van der Waals surface area (Å²) in [6, 6.07) is 14.3. The fourth-order valence-electron chi connectivity index (χ4n) is 2.32. The van der Waals surface area contributed by atoms with Crippen LogP contribution in [-0.4, -0.2) is 0 Å². The van der Waals surface area contributed by atoms with E-state index in [1.165, 1.54) is 15.6 Å². The molecule has 0 saturated carbocycles. The van der Waals surface area contributed by atoms with Gasteiger partial charge in [0.2, 0.25) is 0 Å². The largest absolute Gasteiger partial charge is 0.324 e. The Morgan fingerprint density at radius 1 is 1.20 bits per heavy atom. The molecule has 2 N–H and O–H groups in total. The average molecular weight is 367 g/mol. The molecule has 1 aromatic heterocycles. The maximum atomic E-state index is 6.38. The van der Waals surface area contributed by atoms with E-state index in [9.17, 15) is 0 Å². The number of benzene rings is 2. The van der Waals surface area contributed by atoms with Gasteiger partial charge in [0.1, 0.15) is 0 Å². The van der Waals surface area contributed by atoms with Crippen molar-refractivity contribution in [1.29, 1.82) is 0 Å². The van der Waals surface area contributed by atoms with E-state index in [-0.39, 0.29) is 6.04 Å². The molecule has 1 atom stereocenters. The standard InChI is InChI=1S/C16H13BrClNS/c17-11-6-5-10(14(18)8-11)7-15(19)13-9-20-16-4-2-1-3-12(13)16/h1-6,8-9,15H,7,19H2. The van der Waals surface area contributed by atoms with Crippen molar-refractivity contribution in [2.75, 3.05) is 0 Å². The van der Waals surface area contributed by atoms with Crippen LogP contribution >= 0.6 is 38.9 Å². The van der Waals surface area contributed by atoms with Crippen molar-refractivity contribution >= 4 is 49.0 Å². The summed E-state index contributed by atoms with van der Waals surface area (Å²) < 4.78 is 2.26. The highest BCUT2D eigenvalue weighted by Crippen LogP contribution is 2.32. The third-order valence-electron chi connectivity index (χ3n) is 3.37. The predicted octanol–water partition coefficient (Wildman–Crippen LogP) is 5.56. The Balaban J connectivity index is 1.91. The van der Waals surface area contributed by atoms with Crippen molar-refractivity contribution in [2.45, 2.75) is 12.5 Å². The van der Waals surface area contributed by atoms with Crippen LogP contribution in [0.25, 0.3) is 10.1 Å². The topological polar surface area (TPSA) is 26.0 Å². The molecule has 0 amide bonds. The maximum Gasteiger partial charge on any atom is 0.0449 e. The normalized spacial score (nSPS) is 12.8. The third-order valence-corrected chi connectivity index (χ3v) is 5.19. The maximum absolute atomic E-state index is 6.38. The van der Waals surface area contributed by atoms with Gasteiger partial charge in [-0.25, -0.2) is 0 Å². The second-order valence-electron chi connectivity index (χ2n) is 4.73. The van der Waals surface area contributed by atoms with Crippen LogP contribution in [0, 0.1) is 0 Å². The minimum absolute atomic E-state index is 0.0372. The van der Waals surface area contributed by atoms with Crippen LogP contribution in [0.5, 0.6) is 0 Å². The molecule has 0 aliphatic heterocycles. The van der Waals surface area contributed by atoms with Crippen LogP contribution in [0.1, 0.15) is 17.2 Å². The van der Waals surface area contributed by atoms with Gasteiger partial charge >= 0.3 is 0 Å². The zero-order chi connectivity index (χ0) is 14.1. The summed E-state index contributed by atoms with van der Waals surface area (Å²) in [5, 5.41) is 4.16. The van der Waals surface area contributed by atoms with Gasteiger partial charge in [-0.2, -0.15) is 0 Å². The highest BCUT2D eigenvalue weighted by molar-refractivity contribution is 9.10. The van der Waals surface area contributed by atoms with Gasteiger partial charge in [-0.3, -0.25) is 0 Å². The summed E-state index contributed by atoms with van der Waals surface area (Å²) in [5.41, 5.74) is 8.66. The highest BCUT2D eigenvalue weighted by Gasteiger charge is 2.14. The van der Waals surface area contributed by atoms with Crippen molar-refractivity contribution in [3.8, 4) is 0 Å². The number of nitrogens with two attached hydrogens (primary N) is 1. The molecule has 3 aromatic rings. The van der Waals surface area contributed by atoms with Crippen molar-refractivity contribution in [3.63, 3.8) is 0 Å². The lowest BCUT2D eigenvalue weighted by atomic mass is 9.99. The molecule has 2 aromatic carbocycles. The highest BCUT2D eigenvalue weighted by atomic mass is 79.9. The smallest absolute Gasteiger partial charge is 0.0449 e. The van der Waals surface area contributed by atoms with Gasteiger partial charge in [-0.1, -0.05) is 51.8 Å². The molecule has 3 rings (SSSR count). The lowest BCUT2D eigenvalue weighted by molar-refractivity contribution is 0.730. The van der Waals surface area contributed by atoms with Crippen LogP contribution in [0.2, 0.25) is 5.02 Å². The van der Waals surface area contributed by atoms with E-state index in [1.807, 2.05) is 18.2 Å². The molecular formula is C16H13BrClNS. The van der Waals surface area contributed by atoms with Crippen molar-refractivity contribution in [3.05, 3.63) is 68.5 Å². The van der Waals surface area contributed by atoms with E-state index in [1.54, 1.807) is 11.3 Å². The first-order valence-corrected chi connectivity index (χ1v) is 8.36. The van der Waals surface area contributed by atoms with Gasteiger partial charge < -0.3 is 5.73 Å². The molecule has 102 valence electrons. The van der Waals surface area contributed by atoms with Crippen LogP contribution in [0.15, 0.2) is 52.3 Å². The second-order valence-corrected chi connectivity index (χ2v) is 6.97. The summed E-state index contributed by atoms with van der Waals surface area (Å²) in [7, 11) is 0. The van der Waals surface area contributed by atoms with E-state index >= 15 is 0 Å². The Hall–Kier alpha value is -0.870. The Morgan fingerprint density at radius 2 is 2.00 bits per heavy atom. The predicted molar refractivity (Wildman–Crippen MR) is 91.6 cm³/mol. The van der Waals surface area contributed by atoms with Crippen molar-refractivity contribution in [1.82, 2.24) is 0 Å². The van der Waals surface area contributed by atoms with Gasteiger partial charge in [-0.15, -0.1) is 11.3 Å². The molecule has 1 unspecified atom stereocenters. The first-order chi connectivity index (χ1) is 9.65. The minimum atomic E-state index is -0.0372. The second kappa shape index (κ2) is 5.86. The quantitative estimate of drug-likeness (QED) is 0.645. The van der Waals surface area contributed by atoms with Gasteiger partial charge in [0.05, 0.1) is 0 Å². The fraction of sp³-hybridized carbons (Fsp3) is 0.125. The van der Waals surface area contributed by atoms with E-state index in [4.69, 9.17) is 17.3 Å². The number of thiophene rings is 1. The SMILES string of the molecule is NC(Cc1ccc(Br)cc1Cl)c1csc2ccccc12. The Labute approximate surface area is 135 Å². The number of halogens is 2. The Kier molecular flexibility index (Phi) is 4.13. The molecular weight excluding hydrogens is 354 g/mol. The van der Waals surface area contributed by atoms with Crippen molar-refractivity contribution in [2.24, 2.45) is 5.73 Å². The van der Waals surface area contributed by atoms with Gasteiger partial charge in [0.15, 0.2) is 0 Å². The van der Waals surface area contributed by atoms with E-state index in [0.29, 0.717) is 0 Å². The molecule has 0 aliphatic rings. The molecule has 20 heavy (non-hydrogen) atoms. The molecule has 0 spiro atoms. The molecule has 1 heterocycles. The Morgan fingerprint density at radius 3 is 2.80 bits per heavy atom. The first kappa shape index (κ1) is 14.1. The fourth-order valence-corrected chi connectivity index (χ4v) is 4.10. The number of rotatable bonds is 3. The number of hydrogen-bond donors (Lipinski definition) is 1. The van der Waals surface area contributed by atoms with Crippen LogP contribution < -0.4 is 5.73 Å². The number of hydrogen-bond acceptors (Lipinski definition) is 2. The van der Waals surface area contributed by atoms with E-state index in [2.05, 4.69) is 45.6 Å². The van der Waals surface area contributed by atoms with Crippen LogP contribution in [-0.2, 0) is 6.42 Å². The van der Waals surface area contributed by atoms with Gasteiger partial charge in [0.25, 0.3) is 0 Å². The molecule has 0 fully saturated rings. The zero-order valence-electron chi connectivity index (χ0n) is 10.6. The summed E-state index contributed by atoms with van der Waals surface area (Å²) in [6.07, 6.45) is 0.743. The Bertz CT molecular complexity index is 753. The third kappa shape index (κ3) is 2.77. The summed E-state index contributed by atoms with van der Waals surface area (Å²) in [6.45, 7) is 0. The summed E-state index contributed by atoms with van der Waals surface area (Å²) >= 11 is 11.4. The molecule has 0 radical (unpaired) electrons. The molecule has 0 aliphatic carbocycles. The average Bonchev–Trinajstić information content (AvgIpc) is 2.86. The molecule has 0 saturated heterocycles. The lowest BCUT2D eigenvalue weighted by Gasteiger charge is -2.12. The van der Waals surface area contributed by atoms with Gasteiger partial charge in [0, 0.05) is 20.2 Å². The molecule has 1 nitrogen and oxygen atoms in total. The zero-order valence-corrected chi connectivity index (χ0v) is 13.8. The number of fused-ring (bicyclic) bond motifs is 1. The lowest BCUT2D eigenvalue weighted by Crippen LogP contribution is -2.13. The first-order valence-electron chi connectivity index (χ1n) is 6.31. The monoisotopic (exact) mass is 365 g/mol. The molecule has 4 heteroatoms. The summed E-state index contributed by atoms with van der Waals surface area (Å²) in [4.78, 5) is 0. The summed E-state index contributed by atoms with van der Waals surface area (Å²) in [5.74, 6) is 0.